The molecule has 0 aromatic rings. The van der Waals surface area contributed by atoms with Crippen LogP contribution in [-0.4, -0.2) is 134 Å². The minimum absolute atomic E-state index is 0.213. The van der Waals surface area contributed by atoms with E-state index >= 15 is 0 Å². The van der Waals surface area contributed by atoms with Gasteiger partial charge in [0.1, 0.15) is 0 Å². The van der Waals surface area contributed by atoms with Gasteiger partial charge in [0.15, 0.2) is 16.6 Å². The standard InChI is InChI=1S/C78H162O19Si8/c1-98(2,3)91-100(7,67-55-43-31-19-13-25-37-49-61-73(79)80)93-102(9,69-57-45-33-21-15-27-39-51-63-75(83)84)95-104(11,71-59-47-35-23-17-29-41-53-65-77(87)88)97-105(12,72-60-48-36-24-18-30-42-54-66-78(89)90)96-103(10,70-58-46-34-22-16-28-40-52-64-76(85)86)94-101(8,92-99(4,5)6)68-56-44-32-20-14-26-38-50-62-74(81)82/h13-72H2,1-12H3,(H,79,80)(H,81,82)(H,83,84)(H,85,86)(H,87,88)(H,89,90). The molecule has 0 spiro atoms. The summed E-state index contributed by atoms with van der Waals surface area (Å²) in [7, 11) is -23.1. The van der Waals surface area contributed by atoms with Crippen molar-refractivity contribution in [2.24, 2.45) is 0 Å². The van der Waals surface area contributed by atoms with Crippen LogP contribution in [0.25, 0.3) is 0 Å². The molecule has 0 aromatic heterocycles. The Hall–Kier alpha value is -1.72. The number of rotatable bonds is 80. The first-order chi connectivity index (χ1) is 49.4. The highest BCUT2D eigenvalue weighted by molar-refractivity contribution is 6.93. The smallest absolute Gasteiger partial charge is 0.317 e. The maximum atomic E-state index is 11.3. The van der Waals surface area contributed by atoms with Crippen LogP contribution in [0.4, 0.5) is 0 Å². The van der Waals surface area contributed by atoms with Crippen LogP contribution in [0.1, 0.15) is 347 Å². The molecule has 0 bridgehead atoms. The van der Waals surface area contributed by atoms with Crippen LogP contribution in [0, 0.1) is 0 Å². The lowest BCUT2D eigenvalue weighted by Crippen LogP contribution is -2.64. The lowest BCUT2D eigenvalue weighted by molar-refractivity contribution is -0.138. The van der Waals surface area contributed by atoms with Gasteiger partial charge in [0.05, 0.1) is 0 Å². The van der Waals surface area contributed by atoms with Crippen molar-refractivity contribution in [2.45, 2.75) is 462 Å². The Kier molecular flexibility index (Phi) is 59.9. The molecule has 0 rings (SSSR count). The number of hydrogen-bond acceptors (Lipinski definition) is 13. The van der Waals surface area contributed by atoms with Crippen molar-refractivity contribution in [1.82, 2.24) is 0 Å². The van der Waals surface area contributed by atoms with Crippen molar-refractivity contribution in [2.75, 3.05) is 0 Å². The summed E-state index contributed by atoms with van der Waals surface area (Å²) in [5.74, 6) is -4.40. The van der Waals surface area contributed by atoms with Gasteiger partial charge in [-0.05, 0) is 153 Å². The molecule has 0 aromatic carbocycles. The van der Waals surface area contributed by atoms with Gasteiger partial charge < -0.3 is 59.4 Å². The van der Waals surface area contributed by atoms with E-state index < -0.39 is 104 Å². The highest BCUT2D eigenvalue weighted by Gasteiger charge is 2.55. The fraction of sp³-hybridized carbons (Fsp3) is 0.923. The molecule has 0 fully saturated rings. The van der Waals surface area contributed by atoms with E-state index in [1.54, 1.807) is 0 Å². The van der Waals surface area contributed by atoms with Crippen LogP contribution < -0.4 is 0 Å². The molecule has 0 saturated carbocycles. The van der Waals surface area contributed by atoms with Gasteiger partial charge in [-0.1, -0.05) is 270 Å². The molecular formula is C78H162O19Si8. The second kappa shape index (κ2) is 60.9. The third-order valence-corrected chi connectivity index (χ3v) is 53.0. The Balaban J connectivity index is 8.06. The first-order valence-corrected chi connectivity index (χ1v) is 64.6. The van der Waals surface area contributed by atoms with Gasteiger partial charge >= 0.3 is 87.2 Å². The zero-order chi connectivity index (χ0) is 78.8. The van der Waals surface area contributed by atoms with Crippen LogP contribution in [-0.2, 0) is 57.6 Å². The topological polar surface area (TPSA) is 288 Å². The second-order valence-electron chi connectivity index (χ2n) is 34.1. The number of aliphatic carboxylic acids is 6. The molecule has 105 heavy (non-hydrogen) atoms. The Morgan fingerprint density at radius 2 is 0.257 bits per heavy atom. The second-order valence-corrected chi connectivity index (χ2v) is 64.8. The zero-order valence-electron chi connectivity index (χ0n) is 69.4. The molecule has 0 radical (unpaired) electrons. The molecule has 0 aliphatic rings. The van der Waals surface area contributed by atoms with Crippen molar-refractivity contribution in [3.05, 3.63) is 0 Å². The molecule has 0 amide bonds. The van der Waals surface area contributed by atoms with Gasteiger partial charge in [-0.3, -0.25) is 28.8 Å². The quantitative estimate of drug-likeness (QED) is 0.0244. The molecule has 0 aliphatic heterocycles. The third-order valence-electron chi connectivity index (χ3n) is 19.8. The van der Waals surface area contributed by atoms with E-state index in [-0.39, 0.29) is 38.5 Å². The molecular weight excluding hydrogens is 1470 g/mol. The molecule has 0 saturated heterocycles. The fourth-order valence-corrected chi connectivity index (χ4v) is 57.1. The van der Waals surface area contributed by atoms with Crippen LogP contribution in [0.5, 0.6) is 0 Å². The lowest BCUT2D eigenvalue weighted by atomic mass is 10.1. The molecule has 0 aliphatic carbocycles. The summed E-state index contributed by atoms with van der Waals surface area (Å²) >= 11 is 0. The molecule has 19 nitrogen and oxygen atoms in total. The minimum atomic E-state index is -3.29. The first-order valence-electron chi connectivity index (χ1n) is 42.7. The monoisotopic (exact) mass is 1630 g/mol. The average molecular weight is 1630 g/mol. The summed E-state index contributed by atoms with van der Waals surface area (Å²) in [5, 5.41) is 55.3. The highest BCUT2D eigenvalue weighted by Crippen LogP contribution is 2.40. The van der Waals surface area contributed by atoms with Crippen molar-refractivity contribution in [3.63, 3.8) is 0 Å². The Morgan fingerprint density at radius 3 is 0.362 bits per heavy atom. The van der Waals surface area contributed by atoms with Gasteiger partial charge in [0, 0.05) is 38.5 Å². The number of hydrogen-bond donors (Lipinski definition) is 6. The molecule has 620 valence electrons. The molecule has 6 N–H and O–H groups in total. The SMILES string of the molecule is C[Si](C)(C)O[Si](C)(CCCCCCCCCCC(=O)O)O[Si](C)(CCCCCCCCCCC(=O)O)O[Si](C)(CCCCCCCCCCC(=O)O)O[Si](C)(CCCCCCCCCCC(=O)O)O[Si](C)(CCCCCCCCCCC(=O)O)O[Si](C)(CCCCCCCCCCC(=O)O)O[Si](C)(C)C. The Labute approximate surface area is 649 Å². The maximum absolute atomic E-state index is 11.3. The number of carboxylic acid groups (broad SMARTS) is 6. The molecule has 0 heterocycles. The predicted molar refractivity (Wildman–Crippen MR) is 448 cm³/mol. The van der Waals surface area contributed by atoms with E-state index in [9.17, 15) is 49.2 Å². The number of unbranched alkanes of at least 4 members (excludes halogenated alkanes) is 42. The van der Waals surface area contributed by atoms with Crippen LogP contribution in [0.15, 0.2) is 0 Å². The highest BCUT2D eigenvalue weighted by atomic mass is 28.5. The summed E-state index contributed by atoms with van der Waals surface area (Å²) in [6, 6.07) is 4.89. The van der Waals surface area contributed by atoms with E-state index in [2.05, 4.69) is 78.6 Å². The largest absolute Gasteiger partial charge is 0.481 e. The summed E-state index contributed by atoms with van der Waals surface area (Å²) in [6.45, 7) is 27.6. The summed E-state index contributed by atoms with van der Waals surface area (Å²) in [6.07, 6.45) is 49.0. The van der Waals surface area contributed by atoms with Crippen molar-refractivity contribution in [3.8, 4) is 0 Å². The molecule has 6 unspecified atom stereocenters. The summed E-state index contributed by atoms with van der Waals surface area (Å²) in [4.78, 5) is 67.3. The fourth-order valence-electron chi connectivity index (χ4n) is 15.0. The van der Waals surface area contributed by atoms with Crippen LogP contribution in [0.3, 0.4) is 0 Å². The summed E-state index contributed by atoms with van der Waals surface area (Å²) < 4.78 is 55.4. The van der Waals surface area contributed by atoms with Crippen molar-refractivity contribution in [1.29, 1.82) is 0 Å². The number of carbonyl (C=O) groups is 6. The zero-order valence-corrected chi connectivity index (χ0v) is 77.4. The first kappa shape index (κ1) is 103. The van der Waals surface area contributed by atoms with E-state index in [1.165, 1.54) is 0 Å². The lowest BCUT2D eigenvalue weighted by Gasteiger charge is -2.48. The van der Waals surface area contributed by atoms with Crippen LogP contribution in [0.2, 0.25) is 115 Å². The Morgan fingerprint density at radius 1 is 0.162 bits per heavy atom. The van der Waals surface area contributed by atoms with Gasteiger partial charge in [-0.15, -0.1) is 0 Å². The number of carboxylic acids is 6. The summed E-state index contributed by atoms with van der Waals surface area (Å²) in [5.41, 5.74) is 0. The third kappa shape index (κ3) is 66.6. The Bertz CT molecular complexity index is 2100. The predicted octanol–water partition coefficient (Wildman–Crippen LogP) is 24.8. The van der Waals surface area contributed by atoms with Crippen molar-refractivity contribution < 1.29 is 88.2 Å². The minimum Gasteiger partial charge on any atom is -0.481 e. The van der Waals surface area contributed by atoms with Gasteiger partial charge in [-0.25, -0.2) is 0 Å². The van der Waals surface area contributed by atoms with Crippen LogP contribution >= 0.6 is 0 Å². The van der Waals surface area contributed by atoms with E-state index in [1.807, 2.05) is 0 Å². The van der Waals surface area contributed by atoms with Gasteiger partial charge in [0.2, 0.25) is 0 Å². The van der Waals surface area contributed by atoms with Gasteiger partial charge in [-0.2, -0.15) is 0 Å². The van der Waals surface area contributed by atoms with Crippen molar-refractivity contribution >= 4 is 104 Å². The van der Waals surface area contributed by atoms with E-state index in [0.29, 0.717) is 25.7 Å². The normalized spacial score (nSPS) is 15.7. The van der Waals surface area contributed by atoms with E-state index in [0.717, 1.165) is 319 Å². The van der Waals surface area contributed by atoms with Gasteiger partial charge in [0.25, 0.3) is 0 Å². The average Bonchev–Trinajstić information content (AvgIpc) is 0.774. The van der Waals surface area contributed by atoms with E-state index in [4.69, 9.17) is 39.0 Å². The molecule has 27 heteroatoms. The maximum Gasteiger partial charge on any atom is 0.317 e. The molecule has 6 atom stereocenters.